The van der Waals surface area contributed by atoms with E-state index in [-0.39, 0.29) is 12.6 Å². The summed E-state index contributed by atoms with van der Waals surface area (Å²) in [4.78, 5) is 21.7. The summed E-state index contributed by atoms with van der Waals surface area (Å²) in [6.45, 7) is 0.209. The van der Waals surface area contributed by atoms with E-state index in [1.807, 2.05) is 0 Å². The topological polar surface area (TPSA) is 82.1 Å². The van der Waals surface area contributed by atoms with Gasteiger partial charge in [0.2, 0.25) is 6.10 Å². The third kappa shape index (κ3) is 1.55. The molecule has 0 aromatic carbocycles. The van der Waals surface area contributed by atoms with E-state index < -0.39 is 30.4 Å². The van der Waals surface area contributed by atoms with Crippen LogP contribution in [0.1, 0.15) is 19.3 Å². The molecular formula is C11H14O6. The zero-order chi connectivity index (χ0) is 12.0. The Morgan fingerprint density at radius 3 is 2.65 bits per heavy atom. The van der Waals surface area contributed by atoms with Crippen molar-refractivity contribution in [3.05, 3.63) is 0 Å². The smallest absolute Gasteiger partial charge is 0.350 e. The molecule has 6 heteroatoms. The molecular weight excluding hydrogens is 228 g/mol. The van der Waals surface area contributed by atoms with E-state index in [0.717, 1.165) is 19.3 Å². The SMILES string of the molecule is O=COC1C(=O)OC2C(O)C(C3CCC3)OC12. The van der Waals surface area contributed by atoms with E-state index in [9.17, 15) is 14.7 Å². The van der Waals surface area contributed by atoms with Crippen LogP contribution in [-0.2, 0) is 23.8 Å². The van der Waals surface area contributed by atoms with Gasteiger partial charge in [-0.05, 0) is 18.8 Å². The number of carbonyl (C=O) groups is 2. The lowest BCUT2D eigenvalue weighted by Gasteiger charge is -2.33. The number of aliphatic hydroxyl groups is 1. The van der Waals surface area contributed by atoms with Crippen molar-refractivity contribution < 1.29 is 28.9 Å². The average molecular weight is 242 g/mol. The van der Waals surface area contributed by atoms with E-state index in [4.69, 9.17) is 9.47 Å². The molecule has 0 amide bonds. The van der Waals surface area contributed by atoms with Gasteiger partial charge in [0.15, 0.2) is 6.10 Å². The quantitative estimate of drug-likeness (QED) is 0.524. The van der Waals surface area contributed by atoms with E-state index in [1.165, 1.54) is 0 Å². The molecule has 6 nitrogen and oxygen atoms in total. The Labute approximate surface area is 97.8 Å². The molecule has 3 fully saturated rings. The predicted molar refractivity (Wildman–Crippen MR) is 52.8 cm³/mol. The van der Waals surface area contributed by atoms with Crippen molar-refractivity contribution >= 4 is 12.4 Å². The molecule has 1 saturated carbocycles. The highest BCUT2D eigenvalue weighted by Crippen LogP contribution is 2.41. The van der Waals surface area contributed by atoms with Crippen LogP contribution in [0.2, 0.25) is 0 Å². The molecule has 1 aliphatic carbocycles. The molecule has 2 saturated heterocycles. The number of aliphatic hydroxyl groups excluding tert-OH is 1. The number of hydrogen-bond donors (Lipinski definition) is 1. The van der Waals surface area contributed by atoms with E-state index in [0.29, 0.717) is 5.92 Å². The molecule has 0 radical (unpaired) electrons. The van der Waals surface area contributed by atoms with Gasteiger partial charge in [0.1, 0.15) is 12.2 Å². The number of fused-ring (bicyclic) bond motifs is 1. The zero-order valence-corrected chi connectivity index (χ0v) is 9.15. The Morgan fingerprint density at radius 2 is 2.06 bits per heavy atom. The number of carbonyl (C=O) groups excluding carboxylic acids is 2. The monoisotopic (exact) mass is 242 g/mol. The minimum Gasteiger partial charge on any atom is -0.454 e. The van der Waals surface area contributed by atoms with Gasteiger partial charge in [0.25, 0.3) is 6.47 Å². The number of hydrogen-bond acceptors (Lipinski definition) is 6. The van der Waals surface area contributed by atoms with Gasteiger partial charge in [-0.2, -0.15) is 0 Å². The molecule has 5 unspecified atom stereocenters. The standard InChI is InChI=1S/C11H14O6/c12-4-15-10-9-8(17-11(10)14)6(13)7(16-9)5-2-1-3-5/h4-10,13H,1-3H2. The molecule has 3 rings (SSSR count). The molecule has 0 aromatic heterocycles. The summed E-state index contributed by atoms with van der Waals surface area (Å²) in [6, 6.07) is 0. The largest absolute Gasteiger partial charge is 0.454 e. The maximum absolute atomic E-state index is 11.4. The van der Waals surface area contributed by atoms with E-state index in [2.05, 4.69) is 4.74 Å². The van der Waals surface area contributed by atoms with Crippen molar-refractivity contribution in [3.8, 4) is 0 Å². The molecule has 0 spiro atoms. The normalized spacial score (nSPS) is 45.0. The maximum atomic E-state index is 11.4. The van der Waals surface area contributed by atoms with Gasteiger partial charge in [0.05, 0.1) is 6.10 Å². The van der Waals surface area contributed by atoms with Crippen molar-refractivity contribution in [1.82, 2.24) is 0 Å². The Morgan fingerprint density at radius 1 is 1.29 bits per heavy atom. The van der Waals surface area contributed by atoms with Crippen molar-refractivity contribution in [3.63, 3.8) is 0 Å². The fourth-order valence-corrected chi connectivity index (χ4v) is 2.79. The first-order valence-electron chi connectivity index (χ1n) is 5.85. The second-order valence-electron chi connectivity index (χ2n) is 4.80. The molecule has 17 heavy (non-hydrogen) atoms. The van der Waals surface area contributed by atoms with Crippen LogP contribution in [0.4, 0.5) is 0 Å². The van der Waals surface area contributed by atoms with Crippen LogP contribution in [-0.4, -0.2) is 48.1 Å². The Bertz CT molecular complexity index is 339. The fourth-order valence-electron chi connectivity index (χ4n) is 2.79. The highest BCUT2D eigenvalue weighted by Gasteiger charge is 2.59. The fraction of sp³-hybridized carbons (Fsp3) is 0.818. The Balaban J connectivity index is 1.74. The van der Waals surface area contributed by atoms with Gasteiger partial charge in [-0.15, -0.1) is 0 Å². The molecule has 5 atom stereocenters. The summed E-state index contributed by atoms with van der Waals surface area (Å²) in [5.41, 5.74) is 0. The number of ether oxygens (including phenoxy) is 3. The summed E-state index contributed by atoms with van der Waals surface area (Å²) >= 11 is 0. The van der Waals surface area contributed by atoms with Crippen molar-refractivity contribution in [1.29, 1.82) is 0 Å². The van der Waals surface area contributed by atoms with Gasteiger partial charge in [0, 0.05) is 0 Å². The van der Waals surface area contributed by atoms with Crippen LogP contribution in [0.3, 0.4) is 0 Å². The Kier molecular flexibility index (Phi) is 2.56. The first kappa shape index (κ1) is 11.0. The van der Waals surface area contributed by atoms with Gasteiger partial charge >= 0.3 is 5.97 Å². The molecule has 0 bridgehead atoms. The van der Waals surface area contributed by atoms with Gasteiger partial charge < -0.3 is 19.3 Å². The molecule has 3 aliphatic rings. The molecule has 0 aromatic rings. The summed E-state index contributed by atoms with van der Waals surface area (Å²) in [5.74, 6) is -0.315. The average Bonchev–Trinajstić information content (AvgIpc) is 2.67. The Hall–Kier alpha value is -1.14. The lowest BCUT2D eigenvalue weighted by atomic mass is 9.79. The van der Waals surface area contributed by atoms with Crippen LogP contribution >= 0.6 is 0 Å². The zero-order valence-electron chi connectivity index (χ0n) is 9.15. The van der Waals surface area contributed by atoms with Crippen LogP contribution in [0, 0.1) is 5.92 Å². The van der Waals surface area contributed by atoms with Crippen molar-refractivity contribution in [2.75, 3.05) is 0 Å². The summed E-state index contributed by atoms with van der Waals surface area (Å²) in [6.07, 6.45) is -0.314. The highest BCUT2D eigenvalue weighted by atomic mass is 16.7. The third-order valence-corrected chi connectivity index (χ3v) is 3.91. The predicted octanol–water partition coefficient (Wildman–Crippen LogP) is -0.618. The second kappa shape index (κ2) is 3.96. The lowest BCUT2D eigenvalue weighted by molar-refractivity contribution is -0.163. The van der Waals surface area contributed by atoms with E-state index in [1.54, 1.807) is 0 Å². The second-order valence-corrected chi connectivity index (χ2v) is 4.80. The first-order chi connectivity index (χ1) is 8.22. The summed E-state index contributed by atoms with van der Waals surface area (Å²) < 4.78 is 15.3. The number of esters is 1. The summed E-state index contributed by atoms with van der Waals surface area (Å²) in [7, 11) is 0. The van der Waals surface area contributed by atoms with Crippen LogP contribution in [0.15, 0.2) is 0 Å². The van der Waals surface area contributed by atoms with Crippen molar-refractivity contribution in [2.45, 2.75) is 49.8 Å². The van der Waals surface area contributed by atoms with Gasteiger partial charge in [-0.3, -0.25) is 4.79 Å². The summed E-state index contributed by atoms with van der Waals surface area (Å²) in [5, 5.41) is 10.1. The highest BCUT2D eigenvalue weighted by molar-refractivity contribution is 5.79. The van der Waals surface area contributed by atoms with Gasteiger partial charge in [-0.1, -0.05) is 6.42 Å². The minimum atomic E-state index is -1.03. The van der Waals surface area contributed by atoms with Crippen molar-refractivity contribution in [2.24, 2.45) is 5.92 Å². The molecule has 2 heterocycles. The van der Waals surface area contributed by atoms with Crippen LogP contribution in [0.5, 0.6) is 0 Å². The molecule has 2 aliphatic heterocycles. The van der Waals surface area contributed by atoms with Crippen LogP contribution in [0.25, 0.3) is 0 Å². The first-order valence-corrected chi connectivity index (χ1v) is 5.85. The maximum Gasteiger partial charge on any atom is 0.350 e. The van der Waals surface area contributed by atoms with E-state index >= 15 is 0 Å². The van der Waals surface area contributed by atoms with Gasteiger partial charge in [-0.25, -0.2) is 4.79 Å². The third-order valence-electron chi connectivity index (χ3n) is 3.91. The number of rotatable bonds is 3. The molecule has 1 N–H and O–H groups in total. The molecule has 94 valence electrons. The van der Waals surface area contributed by atoms with Crippen LogP contribution < -0.4 is 0 Å². The lowest BCUT2D eigenvalue weighted by Crippen LogP contribution is -2.39. The minimum absolute atomic E-state index is 0.209.